The van der Waals surface area contributed by atoms with Crippen LogP contribution in [0, 0.1) is 0 Å². The number of nitrogens with one attached hydrogen (secondary N) is 1. The summed E-state index contributed by atoms with van der Waals surface area (Å²) in [5, 5.41) is 2.48. The highest BCUT2D eigenvalue weighted by Crippen LogP contribution is 2.46. The molecule has 0 radical (unpaired) electrons. The second-order valence-electron chi connectivity index (χ2n) is 3.41. The molecule has 0 aromatic carbocycles. The van der Waals surface area contributed by atoms with E-state index in [0.29, 0.717) is 0 Å². The lowest BCUT2D eigenvalue weighted by Crippen LogP contribution is -2.34. The summed E-state index contributed by atoms with van der Waals surface area (Å²) in [6.45, 7) is 1.86. The van der Waals surface area contributed by atoms with Crippen molar-refractivity contribution in [2.75, 3.05) is 13.5 Å². The van der Waals surface area contributed by atoms with Gasteiger partial charge in [-0.25, -0.2) is 5.09 Å². The first-order valence-electron chi connectivity index (χ1n) is 4.54. The summed E-state index contributed by atoms with van der Waals surface area (Å²) in [6, 6.07) is -0.717. The van der Waals surface area contributed by atoms with Crippen LogP contribution in [0.3, 0.4) is 0 Å². The molecule has 0 aliphatic heterocycles. The van der Waals surface area contributed by atoms with Gasteiger partial charge in [0.1, 0.15) is 12.4 Å². The zero-order valence-corrected chi connectivity index (χ0v) is 11.0. The minimum atomic E-state index is -3.15. The fourth-order valence-electron chi connectivity index (χ4n) is 0.880. The second-order valence-corrected chi connectivity index (χ2v) is 6.86. The number of esters is 1. The highest BCUT2D eigenvalue weighted by atomic mass is 35.7. The van der Waals surface area contributed by atoms with Crippen LogP contribution in [0.5, 0.6) is 0 Å². The van der Waals surface area contributed by atoms with Gasteiger partial charge in [0.2, 0.25) is 0 Å². The van der Waals surface area contributed by atoms with E-state index in [4.69, 9.17) is 16.0 Å². The van der Waals surface area contributed by atoms with Crippen LogP contribution in [0.1, 0.15) is 20.8 Å². The summed E-state index contributed by atoms with van der Waals surface area (Å²) < 4.78 is 21.1. The molecular formula is C8H17ClNO4P. The molecule has 0 aromatic rings. The minimum Gasteiger partial charge on any atom is -0.462 e. The van der Waals surface area contributed by atoms with E-state index in [-0.39, 0.29) is 12.5 Å². The van der Waals surface area contributed by atoms with Gasteiger partial charge in [0.05, 0.1) is 6.10 Å². The van der Waals surface area contributed by atoms with Crippen molar-refractivity contribution in [3.63, 3.8) is 0 Å². The van der Waals surface area contributed by atoms with Crippen molar-refractivity contribution in [3.8, 4) is 0 Å². The van der Waals surface area contributed by atoms with Gasteiger partial charge < -0.3 is 9.47 Å². The number of hydrogen-bond acceptors (Lipinski definition) is 4. The topological polar surface area (TPSA) is 64.6 Å². The molecule has 0 aromatic heterocycles. The van der Waals surface area contributed by atoms with Gasteiger partial charge >= 0.3 is 5.97 Å². The zero-order valence-electron chi connectivity index (χ0n) is 9.32. The van der Waals surface area contributed by atoms with Crippen LogP contribution in [0.2, 0.25) is 0 Å². The summed E-state index contributed by atoms with van der Waals surface area (Å²) in [7, 11) is 1.38. The van der Waals surface area contributed by atoms with Crippen LogP contribution in [0.4, 0.5) is 0 Å². The average molecular weight is 258 g/mol. The van der Waals surface area contributed by atoms with E-state index in [2.05, 4.69) is 9.82 Å². The zero-order chi connectivity index (χ0) is 12.1. The summed E-state index contributed by atoms with van der Waals surface area (Å²) >= 11 is 5.62. The number of halogens is 1. The Morgan fingerprint density at radius 3 is 2.40 bits per heavy atom. The van der Waals surface area contributed by atoms with E-state index in [1.165, 1.54) is 14.0 Å². The van der Waals surface area contributed by atoms with E-state index in [1.807, 2.05) is 0 Å². The molecule has 0 aliphatic carbocycles. The van der Waals surface area contributed by atoms with Gasteiger partial charge in [0, 0.05) is 7.11 Å². The molecule has 0 saturated carbocycles. The molecule has 1 N–H and O–H groups in total. The molecule has 1 unspecified atom stereocenters. The lowest BCUT2D eigenvalue weighted by atomic mass is 10.4. The largest absolute Gasteiger partial charge is 0.462 e. The van der Waals surface area contributed by atoms with Crippen LogP contribution in [-0.2, 0) is 18.8 Å². The molecule has 0 aliphatic rings. The van der Waals surface area contributed by atoms with Gasteiger partial charge in [-0.15, -0.1) is 0 Å². The standard InChI is InChI=1S/C8H17ClNO4P/c1-6(2)14-8(11)7(3)10-15(9,12)5-13-4/h6-7H,5H2,1-4H3,(H,10,12)/t7-,15?/m0/s1. The SMILES string of the molecule is COCP(=O)(Cl)N[C@@H](C)C(=O)OC(C)C. The van der Waals surface area contributed by atoms with Crippen LogP contribution in [-0.4, -0.2) is 31.6 Å². The summed E-state index contributed by atoms with van der Waals surface area (Å²) in [5.41, 5.74) is 0. The second kappa shape index (κ2) is 6.48. The molecular weight excluding hydrogens is 241 g/mol. The van der Waals surface area contributed by atoms with E-state index < -0.39 is 18.7 Å². The Kier molecular flexibility index (Phi) is 6.44. The number of rotatable bonds is 6. The predicted octanol–water partition coefficient (Wildman–Crippen LogP) is 1.95. The molecule has 0 spiro atoms. The lowest BCUT2D eigenvalue weighted by molar-refractivity contribution is -0.148. The Labute approximate surface area is 94.7 Å². The van der Waals surface area contributed by atoms with Crippen molar-refractivity contribution >= 4 is 23.9 Å². The van der Waals surface area contributed by atoms with E-state index in [1.54, 1.807) is 13.8 Å². The Bertz CT molecular complexity index is 259. The van der Waals surface area contributed by atoms with Gasteiger partial charge in [0.15, 0.2) is 0 Å². The molecule has 0 amide bonds. The first-order chi connectivity index (χ1) is 6.78. The van der Waals surface area contributed by atoms with E-state index in [0.717, 1.165) is 0 Å². The van der Waals surface area contributed by atoms with Crippen molar-refractivity contribution in [2.24, 2.45) is 0 Å². The van der Waals surface area contributed by atoms with Crippen LogP contribution >= 0.6 is 17.9 Å². The number of hydrogen-bond donors (Lipinski definition) is 1. The first-order valence-corrected chi connectivity index (χ1v) is 7.34. The molecule has 0 rings (SSSR count). The smallest absolute Gasteiger partial charge is 0.323 e. The molecule has 90 valence electrons. The number of carbonyl (C=O) groups is 1. The number of methoxy groups -OCH3 is 1. The molecule has 0 bridgehead atoms. The third-order valence-corrected chi connectivity index (χ3v) is 3.34. The van der Waals surface area contributed by atoms with Gasteiger partial charge in [0.25, 0.3) is 6.65 Å². The quantitative estimate of drug-likeness (QED) is 0.582. The van der Waals surface area contributed by atoms with Crippen molar-refractivity contribution in [2.45, 2.75) is 32.9 Å². The minimum absolute atomic E-state index is 0.131. The van der Waals surface area contributed by atoms with Crippen molar-refractivity contribution < 1.29 is 18.8 Å². The molecule has 0 saturated heterocycles. The molecule has 0 heterocycles. The molecule has 2 atom stereocenters. The van der Waals surface area contributed by atoms with Crippen molar-refractivity contribution in [3.05, 3.63) is 0 Å². The first kappa shape index (κ1) is 14.9. The third-order valence-electron chi connectivity index (χ3n) is 1.39. The van der Waals surface area contributed by atoms with Gasteiger partial charge in [-0.1, -0.05) is 0 Å². The lowest BCUT2D eigenvalue weighted by Gasteiger charge is -2.18. The maximum Gasteiger partial charge on any atom is 0.323 e. The van der Waals surface area contributed by atoms with Crippen molar-refractivity contribution in [1.82, 2.24) is 5.09 Å². The Balaban J connectivity index is 4.17. The maximum atomic E-state index is 11.5. The van der Waals surface area contributed by atoms with Crippen molar-refractivity contribution in [1.29, 1.82) is 0 Å². The highest BCUT2D eigenvalue weighted by Gasteiger charge is 2.25. The van der Waals surface area contributed by atoms with Crippen LogP contribution < -0.4 is 5.09 Å². The molecule has 15 heavy (non-hydrogen) atoms. The fourth-order valence-corrected chi connectivity index (χ4v) is 2.70. The van der Waals surface area contributed by atoms with Gasteiger partial charge in [-0.05, 0) is 32.0 Å². The van der Waals surface area contributed by atoms with Gasteiger partial charge in [-0.2, -0.15) is 0 Å². The Morgan fingerprint density at radius 2 is 2.00 bits per heavy atom. The Hall–Kier alpha value is -0.0900. The molecule has 0 fully saturated rings. The summed E-state index contributed by atoms with van der Waals surface area (Å²) in [6.07, 6.45) is -0.340. The third kappa shape index (κ3) is 6.90. The molecule has 5 nitrogen and oxygen atoms in total. The average Bonchev–Trinajstić information content (AvgIpc) is 2.01. The summed E-state index contributed by atoms with van der Waals surface area (Å²) in [5.74, 6) is -0.484. The van der Waals surface area contributed by atoms with Crippen LogP contribution in [0.25, 0.3) is 0 Å². The van der Waals surface area contributed by atoms with E-state index in [9.17, 15) is 9.36 Å². The maximum absolute atomic E-state index is 11.5. The van der Waals surface area contributed by atoms with Gasteiger partial charge in [-0.3, -0.25) is 9.36 Å². The number of ether oxygens (including phenoxy) is 2. The monoisotopic (exact) mass is 257 g/mol. The van der Waals surface area contributed by atoms with Crippen LogP contribution in [0.15, 0.2) is 0 Å². The highest BCUT2D eigenvalue weighted by molar-refractivity contribution is 7.87. The number of carbonyl (C=O) groups excluding carboxylic acids is 1. The normalized spacial score (nSPS) is 17.2. The predicted molar refractivity (Wildman–Crippen MR) is 59.2 cm³/mol. The van der Waals surface area contributed by atoms with E-state index >= 15 is 0 Å². The summed E-state index contributed by atoms with van der Waals surface area (Å²) in [4.78, 5) is 11.3. The fraction of sp³-hybridized carbons (Fsp3) is 0.875. The molecule has 7 heteroatoms. The Morgan fingerprint density at radius 1 is 1.47 bits per heavy atom.